The van der Waals surface area contributed by atoms with Gasteiger partial charge in [-0.1, -0.05) is 84.9 Å². The number of hydrogen-bond donors (Lipinski definition) is 2. The fraction of sp³-hybridized carbons (Fsp3) is 0.263. The van der Waals surface area contributed by atoms with E-state index in [0.717, 1.165) is 37.7 Å². The van der Waals surface area contributed by atoms with Gasteiger partial charge >= 0.3 is 0 Å². The normalized spacial score (nSPS) is 10.7. The largest absolute Gasteiger partial charge is 0.372 e. The van der Waals surface area contributed by atoms with Crippen molar-refractivity contribution in [2.75, 3.05) is 36.0 Å². The molecule has 0 aliphatic carbocycles. The molecule has 42 heavy (non-hydrogen) atoms. The second-order valence-corrected chi connectivity index (χ2v) is 10.9. The van der Waals surface area contributed by atoms with Crippen molar-refractivity contribution in [3.05, 3.63) is 143 Å². The number of hydrogen-bond acceptors (Lipinski definition) is 4. The van der Waals surface area contributed by atoms with Crippen LogP contribution in [0.2, 0.25) is 0 Å². The second kappa shape index (κ2) is 15.8. The van der Waals surface area contributed by atoms with Crippen molar-refractivity contribution in [1.82, 2.24) is 0 Å². The van der Waals surface area contributed by atoms with Crippen molar-refractivity contribution in [2.24, 2.45) is 0 Å². The molecule has 0 aromatic heterocycles. The lowest BCUT2D eigenvalue weighted by Gasteiger charge is -2.23. The third kappa shape index (κ3) is 7.73. The Morgan fingerprint density at radius 3 is 1.19 bits per heavy atom. The summed E-state index contributed by atoms with van der Waals surface area (Å²) in [5, 5.41) is 0. The van der Waals surface area contributed by atoms with E-state index in [1.165, 1.54) is 55.9 Å². The molecule has 2 nitrogen and oxygen atoms in total. The van der Waals surface area contributed by atoms with Gasteiger partial charge in [-0.2, -0.15) is 25.3 Å². The number of nitrogens with zero attached hydrogens (tertiary/aromatic N) is 2. The zero-order chi connectivity index (χ0) is 29.9. The van der Waals surface area contributed by atoms with Gasteiger partial charge in [0, 0.05) is 49.1 Å². The van der Waals surface area contributed by atoms with E-state index in [0.29, 0.717) is 0 Å². The summed E-state index contributed by atoms with van der Waals surface area (Å²) in [7, 11) is 0. The van der Waals surface area contributed by atoms with Gasteiger partial charge in [0.25, 0.3) is 0 Å². The molecule has 0 radical (unpaired) electrons. The molecule has 0 bridgehead atoms. The summed E-state index contributed by atoms with van der Waals surface area (Å²) in [6, 6.07) is 35.4. The van der Waals surface area contributed by atoms with Crippen LogP contribution >= 0.6 is 25.3 Å². The van der Waals surface area contributed by atoms with Crippen LogP contribution in [0, 0.1) is 0 Å². The first kappa shape index (κ1) is 31.6. The molecule has 0 fully saturated rings. The zero-order valence-corrected chi connectivity index (χ0v) is 27.2. The minimum absolute atomic E-state index is 0.728. The molecule has 0 unspecified atom stereocenters. The highest BCUT2D eigenvalue weighted by Gasteiger charge is 2.12. The predicted molar refractivity (Wildman–Crippen MR) is 192 cm³/mol. The molecule has 0 spiro atoms. The van der Waals surface area contributed by atoms with Crippen LogP contribution in [-0.4, -0.2) is 26.2 Å². The van der Waals surface area contributed by atoms with Crippen molar-refractivity contribution in [3.8, 4) is 0 Å². The Hall–Kier alpha value is -3.34. The Bertz CT molecular complexity index is 1370. The summed E-state index contributed by atoms with van der Waals surface area (Å²) in [6.45, 7) is 12.8. The lowest BCUT2D eigenvalue weighted by Crippen LogP contribution is -2.22. The highest BCUT2D eigenvalue weighted by molar-refractivity contribution is 7.79. The monoisotopic (exact) mass is 592 g/mol. The molecule has 0 aliphatic heterocycles. The van der Waals surface area contributed by atoms with Crippen LogP contribution in [0.4, 0.5) is 11.4 Å². The van der Waals surface area contributed by atoms with E-state index < -0.39 is 0 Å². The molecule has 4 rings (SSSR count). The van der Waals surface area contributed by atoms with E-state index in [2.05, 4.69) is 172 Å². The van der Waals surface area contributed by atoms with Crippen LogP contribution < -0.4 is 9.80 Å². The lowest BCUT2D eigenvalue weighted by molar-refractivity contribution is 0.865. The highest BCUT2D eigenvalue weighted by atomic mass is 32.1. The standard InChI is InChI=1S/C38H44N2S2/c1-5-39(6-2)35-13-9-11-33(25-35)38(34-12-10-14-36(26-34)40(7-3)8-4)24-23-37(31-19-15-29(27-41)16-20-31)32-21-17-30(28-42)18-22-32/h9-26,41-42H,5-8,27-28H2,1-4H3. The molecule has 0 atom stereocenters. The third-order valence-electron chi connectivity index (χ3n) is 7.88. The lowest BCUT2D eigenvalue weighted by atomic mass is 9.93. The van der Waals surface area contributed by atoms with Gasteiger partial charge in [0.05, 0.1) is 0 Å². The van der Waals surface area contributed by atoms with Gasteiger partial charge in [-0.25, -0.2) is 0 Å². The summed E-state index contributed by atoms with van der Waals surface area (Å²) >= 11 is 8.94. The Morgan fingerprint density at radius 1 is 0.500 bits per heavy atom. The number of anilines is 2. The Morgan fingerprint density at radius 2 is 0.857 bits per heavy atom. The molecule has 0 aliphatic rings. The molecule has 4 aromatic carbocycles. The second-order valence-electron chi connectivity index (χ2n) is 10.3. The van der Waals surface area contributed by atoms with Gasteiger partial charge in [0.2, 0.25) is 0 Å². The van der Waals surface area contributed by atoms with Gasteiger partial charge in [0.1, 0.15) is 0 Å². The fourth-order valence-electron chi connectivity index (χ4n) is 5.38. The van der Waals surface area contributed by atoms with Crippen LogP contribution in [0.15, 0.2) is 109 Å². The summed E-state index contributed by atoms with van der Waals surface area (Å²) in [5.41, 5.74) is 12.1. The summed E-state index contributed by atoms with van der Waals surface area (Å²) in [4.78, 5) is 4.81. The molecule has 4 aromatic rings. The molecule has 0 saturated heterocycles. The maximum Gasteiger partial charge on any atom is 0.0372 e. The van der Waals surface area contributed by atoms with Crippen molar-refractivity contribution >= 4 is 47.8 Å². The molecule has 0 amide bonds. The molecule has 0 heterocycles. The topological polar surface area (TPSA) is 6.48 Å². The summed E-state index contributed by atoms with van der Waals surface area (Å²) in [5.74, 6) is 1.46. The molecular weight excluding hydrogens is 549 g/mol. The first-order valence-corrected chi connectivity index (χ1v) is 16.3. The fourth-order valence-corrected chi connectivity index (χ4v) is 5.80. The minimum atomic E-state index is 0.728. The average Bonchev–Trinajstić information content (AvgIpc) is 3.05. The molecule has 218 valence electrons. The Balaban J connectivity index is 1.93. The van der Waals surface area contributed by atoms with Gasteiger partial charge < -0.3 is 9.80 Å². The van der Waals surface area contributed by atoms with E-state index in [1.807, 2.05) is 0 Å². The third-order valence-corrected chi connectivity index (χ3v) is 8.61. The molecule has 4 heteroatoms. The van der Waals surface area contributed by atoms with Crippen molar-refractivity contribution in [1.29, 1.82) is 0 Å². The molecule has 0 saturated carbocycles. The van der Waals surface area contributed by atoms with Crippen LogP contribution in [0.5, 0.6) is 0 Å². The predicted octanol–water partition coefficient (Wildman–Crippen LogP) is 9.80. The first-order chi connectivity index (χ1) is 20.5. The Labute approximate surface area is 264 Å². The van der Waals surface area contributed by atoms with Crippen molar-refractivity contribution < 1.29 is 0 Å². The van der Waals surface area contributed by atoms with E-state index in [4.69, 9.17) is 0 Å². The summed E-state index contributed by atoms with van der Waals surface area (Å²) in [6.07, 6.45) is 4.59. The minimum Gasteiger partial charge on any atom is -0.372 e. The Kier molecular flexibility index (Phi) is 11.9. The van der Waals surface area contributed by atoms with Crippen LogP contribution in [0.3, 0.4) is 0 Å². The number of benzene rings is 4. The molecule has 0 N–H and O–H groups in total. The molecular formula is C38H44N2S2. The van der Waals surface area contributed by atoms with Gasteiger partial charge in [-0.3, -0.25) is 0 Å². The first-order valence-electron chi connectivity index (χ1n) is 15.1. The number of thiol groups is 2. The van der Waals surface area contributed by atoms with Crippen LogP contribution in [0.1, 0.15) is 61.1 Å². The van der Waals surface area contributed by atoms with Gasteiger partial charge in [-0.15, -0.1) is 0 Å². The maximum absolute atomic E-state index is 4.47. The van der Waals surface area contributed by atoms with E-state index in [1.54, 1.807) is 0 Å². The average molecular weight is 593 g/mol. The van der Waals surface area contributed by atoms with E-state index >= 15 is 0 Å². The van der Waals surface area contributed by atoms with Gasteiger partial charge in [-0.05, 0) is 96.5 Å². The van der Waals surface area contributed by atoms with Crippen LogP contribution in [-0.2, 0) is 11.5 Å². The van der Waals surface area contributed by atoms with Crippen LogP contribution in [0.25, 0.3) is 11.1 Å². The quantitative estimate of drug-likeness (QED) is 0.118. The smallest absolute Gasteiger partial charge is 0.0372 e. The number of allylic oxidation sites excluding steroid dienone is 2. The zero-order valence-electron chi connectivity index (χ0n) is 25.4. The van der Waals surface area contributed by atoms with Crippen molar-refractivity contribution in [2.45, 2.75) is 39.2 Å². The van der Waals surface area contributed by atoms with E-state index in [-0.39, 0.29) is 0 Å². The SMILES string of the molecule is CCN(CC)c1cccc(C(=CC=C(c2ccc(CS)cc2)c2ccc(CS)cc2)c2cccc(N(CC)CC)c2)c1. The maximum atomic E-state index is 4.47. The van der Waals surface area contributed by atoms with Gasteiger partial charge in [0.15, 0.2) is 0 Å². The van der Waals surface area contributed by atoms with Crippen molar-refractivity contribution in [3.63, 3.8) is 0 Å². The summed E-state index contributed by atoms with van der Waals surface area (Å²) < 4.78 is 0. The highest BCUT2D eigenvalue weighted by Crippen LogP contribution is 2.32. The number of rotatable bonds is 13. The van der Waals surface area contributed by atoms with E-state index in [9.17, 15) is 0 Å².